The molecule has 376 valence electrons. The number of nitro benzene ring substituents is 1. The van der Waals surface area contributed by atoms with Gasteiger partial charge in [0.25, 0.3) is 5.69 Å². The Morgan fingerprint density at radius 2 is 1.58 bits per heavy atom. The fraction of sp³-hybridized carbons (Fsp3) is 0.305. The number of nitro groups is 1. The lowest BCUT2D eigenvalue weighted by molar-refractivity contribution is -0.384. The molecule has 14 nitrogen and oxygen atoms in total. The fourth-order valence-electron chi connectivity index (χ4n) is 11.0. The van der Waals surface area contributed by atoms with Crippen molar-refractivity contribution in [3.8, 4) is 23.0 Å². The number of ether oxygens (including phenoxy) is 4. The average molecular weight is 986 g/mol. The summed E-state index contributed by atoms with van der Waals surface area (Å²) < 4.78 is 27.4. The minimum Gasteiger partial charge on any atom is -0.459 e. The molecule has 0 saturated heterocycles. The molecule has 3 aliphatic rings. The van der Waals surface area contributed by atoms with Gasteiger partial charge in [0.05, 0.1) is 29.7 Å². The summed E-state index contributed by atoms with van der Waals surface area (Å²) in [5.74, 6) is -1.16. The first-order chi connectivity index (χ1) is 35.7. The lowest BCUT2D eigenvalue weighted by atomic mass is 9.55. The van der Waals surface area contributed by atoms with Gasteiger partial charge in [-0.25, -0.2) is 4.79 Å². The van der Waals surface area contributed by atoms with Gasteiger partial charge in [0, 0.05) is 48.8 Å². The van der Waals surface area contributed by atoms with Crippen LogP contribution in [0.3, 0.4) is 0 Å². The van der Waals surface area contributed by atoms with Crippen molar-refractivity contribution in [3.63, 3.8) is 0 Å². The number of fused-ring (bicyclic) bond motifs is 3. The van der Waals surface area contributed by atoms with Crippen LogP contribution in [-0.2, 0) is 22.7 Å². The van der Waals surface area contributed by atoms with Crippen LogP contribution in [-0.4, -0.2) is 69.8 Å². The summed E-state index contributed by atoms with van der Waals surface area (Å²) >= 11 is 0. The molecule has 14 heteroatoms. The van der Waals surface area contributed by atoms with Crippen LogP contribution in [0, 0.1) is 27.9 Å². The lowest BCUT2D eigenvalue weighted by Gasteiger charge is -2.59. The largest absolute Gasteiger partial charge is 0.459 e. The van der Waals surface area contributed by atoms with Crippen LogP contribution in [0.1, 0.15) is 77.9 Å². The number of aliphatic hydroxyl groups is 2. The summed E-state index contributed by atoms with van der Waals surface area (Å²) in [5, 5.41) is 38.7. The molecule has 6 aromatic rings. The molecule has 6 atom stereocenters. The normalized spacial score (nSPS) is 21.2. The van der Waals surface area contributed by atoms with Crippen LogP contribution in [0.4, 0.5) is 10.5 Å². The SMILES string of the molecule is C=CCO[C@@]12Oc3ccc(Oc4cccc(C=O)c4)cc3[C@H]3[C@H](CCCCO)[C@@H](CCCCO)C=C(C(=NOCc4ccccc4)C[C@@H]1N(Cc1cccc4ccccc14)C(=O)Oc1ccc([N+](=O)[O-])cc1)[C@H]32. The third-order valence-corrected chi connectivity index (χ3v) is 14.2. The zero-order valence-corrected chi connectivity index (χ0v) is 40.5. The van der Waals surface area contributed by atoms with E-state index in [0.717, 1.165) is 58.6 Å². The minimum absolute atomic E-state index is 0.0260. The Hall–Kier alpha value is -7.65. The van der Waals surface area contributed by atoms with Gasteiger partial charge in [-0.3, -0.25) is 19.8 Å². The Morgan fingerprint density at radius 3 is 2.34 bits per heavy atom. The molecule has 0 aromatic heterocycles. The number of non-ortho nitro benzene ring substituents is 1. The Morgan fingerprint density at radius 1 is 0.849 bits per heavy atom. The third-order valence-electron chi connectivity index (χ3n) is 14.2. The van der Waals surface area contributed by atoms with Gasteiger partial charge in [-0.2, -0.15) is 0 Å². The molecule has 1 heterocycles. The monoisotopic (exact) mass is 985 g/mol. The van der Waals surface area contributed by atoms with Crippen LogP contribution in [0.15, 0.2) is 169 Å². The molecule has 2 N–H and O–H groups in total. The quantitative estimate of drug-likeness (QED) is 0.0217. The van der Waals surface area contributed by atoms with Gasteiger partial charge >= 0.3 is 6.09 Å². The minimum atomic E-state index is -1.64. The first kappa shape index (κ1) is 50.3. The Kier molecular flexibility index (Phi) is 16.0. The number of hydrogen-bond acceptors (Lipinski definition) is 12. The van der Waals surface area contributed by atoms with Gasteiger partial charge in [-0.1, -0.05) is 115 Å². The number of amides is 1. The number of aliphatic hydroxyl groups excluding tert-OH is 2. The third kappa shape index (κ3) is 11.1. The molecule has 0 bridgehead atoms. The molecular weight excluding hydrogens is 927 g/mol. The standard InChI is InChI=1S/C59H59N3O11/c1-2-32-69-59-55(61(37-44-20-13-19-42-17-6-7-22-49(42)44)58(66)72-46-26-24-45(25-27-46)62(67)68)36-53(60-70-39-40-14-4-3-5-15-40)51-34-43(18-8-10-30-63)50(23-9-11-31-64)56(57(51)59)52-35-48(28-29-54(52)73-59)71-47-21-12-16-41(33-47)38-65/h2-7,12-17,19-22,24-29,33-35,38,43,50,55-57,63-64H,1,8-11,18,23,30-32,36-37,39H2/t43-,50+,55-,56+,57+,59+/m0/s1. The van der Waals surface area contributed by atoms with E-state index < -0.39 is 28.8 Å². The molecule has 6 aromatic carbocycles. The molecule has 9 rings (SSSR count). The first-order valence-corrected chi connectivity index (χ1v) is 24.9. The molecule has 0 spiro atoms. The number of carbonyl (C=O) groups is 2. The van der Waals surface area contributed by atoms with E-state index in [9.17, 15) is 25.1 Å². The molecule has 1 aliphatic heterocycles. The van der Waals surface area contributed by atoms with Crippen LogP contribution >= 0.6 is 0 Å². The second-order valence-electron chi connectivity index (χ2n) is 18.7. The fourth-order valence-corrected chi connectivity index (χ4v) is 11.0. The maximum atomic E-state index is 15.4. The van der Waals surface area contributed by atoms with Crippen molar-refractivity contribution in [2.75, 3.05) is 19.8 Å². The van der Waals surface area contributed by atoms with Crippen LogP contribution in [0.25, 0.3) is 10.8 Å². The molecule has 73 heavy (non-hydrogen) atoms. The number of oxime groups is 1. The summed E-state index contributed by atoms with van der Waals surface area (Å²) in [6, 6.07) is 40.6. The maximum absolute atomic E-state index is 15.4. The number of unbranched alkanes of at least 4 members (excludes halogenated alkanes) is 2. The summed E-state index contributed by atoms with van der Waals surface area (Å²) in [4.78, 5) is 46.3. The van der Waals surface area contributed by atoms with Crippen molar-refractivity contribution in [1.29, 1.82) is 0 Å². The summed E-state index contributed by atoms with van der Waals surface area (Å²) in [5.41, 5.74) is 4.32. The van der Waals surface area contributed by atoms with Crippen molar-refractivity contribution in [2.45, 2.75) is 75.8 Å². The summed E-state index contributed by atoms with van der Waals surface area (Å²) in [7, 11) is 0. The van der Waals surface area contributed by atoms with E-state index in [1.165, 1.54) is 24.3 Å². The van der Waals surface area contributed by atoms with E-state index in [4.69, 9.17) is 28.9 Å². The summed E-state index contributed by atoms with van der Waals surface area (Å²) in [6.07, 6.45) is 8.17. The molecule has 1 amide bonds. The molecule has 2 aliphatic carbocycles. The highest BCUT2D eigenvalue weighted by atomic mass is 16.7. The number of benzene rings is 6. The number of nitrogens with zero attached hydrogens (tertiary/aromatic N) is 3. The second-order valence-corrected chi connectivity index (χ2v) is 18.7. The van der Waals surface area contributed by atoms with Crippen molar-refractivity contribution >= 4 is 34.6 Å². The predicted molar refractivity (Wildman–Crippen MR) is 277 cm³/mol. The van der Waals surface area contributed by atoms with Gasteiger partial charge in [-0.05, 0) is 107 Å². The molecule has 0 radical (unpaired) electrons. The second kappa shape index (κ2) is 23.3. The first-order valence-electron chi connectivity index (χ1n) is 24.9. The summed E-state index contributed by atoms with van der Waals surface area (Å²) in [6.45, 7) is 4.38. The van der Waals surface area contributed by atoms with Crippen molar-refractivity contribution in [1.82, 2.24) is 4.90 Å². The van der Waals surface area contributed by atoms with E-state index >= 15 is 4.79 Å². The highest BCUT2D eigenvalue weighted by Gasteiger charge is 2.66. The van der Waals surface area contributed by atoms with E-state index in [1.54, 1.807) is 35.2 Å². The molecular formula is C59H59N3O11. The van der Waals surface area contributed by atoms with Gasteiger partial charge in [-0.15, -0.1) is 6.58 Å². The topological polar surface area (TPSA) is 179 Å². The maximum Gasteiger partial charge on any atom is 0.416 e. The van der Waals surface area contributed by atoms with Gasteiger partial charge in [0.2, 0.25) is 5.79 Å². The molecule has 1 fully saturated rings. The van der Waals surface area contributed by atoms with Gasteiger partial charge in [0.1, 0.15) is 41.9 Å². The van der Waals surface area contributed by atoms with Gasteiger partial charge < -0.3 is 34.0 Å². The van der Waals surface area contributed by atoms with Crippen LogP contribution in [0.5, 0.6) is 23.0 Å². The zero-order chi connectivity index (χ0) is 50.7. The van der Waals surface area contributed by atoms with Crippen molar-refractivity contribution in [2.24, 2.45) is 22.9 Å². The number of hydrogen-bond donors (Lipinski definition) is 2. The highest BCUT2D eigenvalue weighted by Crippen LogP contribution is 2.62. The lowest BCUT2D eigenvalue weighted by Crippen LogP contribution is -2.70. The highest BCUT2D eigenvalue weighted by molar-refractivity contribution is 6.03. The van der Waals surface area contributed by atoms with E-state index in [-0.39, 0.29) is 68.6 Å². The Balaban J connectivity index is 1.27. The number of rotatable bonds is 22. The van der Waals surface area contributed by atoms with Crippen LogP contribution < -0.4 is 14.2 Å². The van der Waals surface area contributed by atoms with Crippen LogP contribution in [0.2, 0.25) is 0 Å². The van der Waals surface area contributed by atoms with Crippen molar-refractivity contribution < 1.29 is 48.5 Å². The number of allylic oxidation sites excluding steroid dienone is 1. The van der Waals surface area contributed by atoms with E-state index in [0.29, 0.717) is 47.8 Å². The van der Waals surface area contributed by atoms with Crippen molar-refractivity contribution in [3.05, 3.63) is 196 Å². The zero-order valence-electron chi connectivity index (χ0n) is 40.5. The smallest absolute Gasteiger partial charge is 0.416 e. The number of carbonyl (C=O) groups excluding carboxylic acids is 2. The van der Waals surface area contributed by atoms with E-state index in [2.05, 4.69) is 12.7 Å². The Bertz CT molecular complexity index is 2970. The van der Waals surface area contributed by atoms with Gasteiger partial charge in [0.15, 0.2) is 0 Å². The molecule has 0 unspecified atom stereocenters. The molecule has 1 saturated carbocycles. The number of aldehydes is 1. The predicted octanol–water partition coefficient (Wildman–Crippen LogP) is 11.9. The Labute approximate surface area is 424 Å². The average Bonchev–Trinajstić information content (AvgIpc) is 3.42. The van der Waals surface area contributed by atoms with E-state index in [1.807, 2.05) is 91.0 Å².